The number of aliphatic hydroxyl groups is 1. The summed E-state index contributed by atoms with van der Waals surface area (Å²) in [6.45, 7) is 0. The zero-order valence-electron chi connectivity index (χ0n) is 18.9. The van der Waals surface area contributed by atoms with Crippen molar-refractivity contribution in [2.45, 2.75) is 42.9 Å². The summed E-state index contributed by atoms with van der Waals surface area (Å²) in [5.74, 6) is -1.52. The molecule has 0 aliphatic heterocycles. The highest BCUT2D eigenvalue weighted by Crippen LogP contribution is 2.60. The first-order chi connectivity index (χ1) is 16.6. The van der Waals surface area contributed by atoms with Crippen LogP contribution in [-0.4, -0.2) is 28.0 Å². The molecule has 1 unspecified atom stereocenters. The number of alkyl halides is 3. The number of aromatic carboxylic acids is 1. The van der Waals surface area contributed by atoms with Crippen molar-refractivity contribution >= 4 is 12.0 Å². The van der Waals surface area contributed by atoms with Crippen LogP contribution in [0, 0.1) is 5.92 Å². The van der Waals surface area contributed by atoms with E-state index in [0.29, 0.717) is 18.4 Å². The highest BCUT2D eigenvalue weighted by atomic mass is 19.4. The van der Waals surface area contributed by atoms with Crippen LogP contribution in [0.1, 0.15) is 51.9 Å². The zero-order chi connectivity index (χ0) is 24.8. The Morgan fingerprint density at radius 2 is 1.63 bits per heavy atom. The third kappa shape index (κ3) is 3.76. The van der Waals surface area contributed by atoms with E-state index in [9.17, 15) is 28.2 Å². The second-order valence-electron chi connectivity index (χ2n) is 9.57. The van der Waals surface area contributed by atoms with Gasteiger partial charge < -0.3 is 10.2 Å². The van der Waals surface area contributed by atoms with E-state index in [1.807, 2.05) is 30.3 Å². The SMILES string of the molecule is O=C(O)c1ccc2c(c1)CC[C@@H]1C[C@@](O)(C(F)(F)F)/C(=C/c3ccccc3)CC21c1ccccc1. The number of carboxylic acid groups (broad SMARTS) is 1. The van der Waals surface area contributed by atoms with E-state index in [-0.39, 0.29) is 17.6 Å². The Labute approximate surface area is 201 Å². The van der Waals surface area contributed by atoms with Crippen molar-refractivity contribution in [3.8, 4) is 0 Å². The van der Waals surface area contributed by atoms with Gasteiger partial charge in [-0.3, -0.25) is 0 Å². The molecule has 3 aromatic carbocycles. The van der Waals surface area contributed by atoms with Gasteiger partial charge in [-0.1, -0.05) is 72.8 Å². The van der Waals surface area contributed by atoms with E-state index in [2.05, 4.69) is 0 Å². The number of carbonyl (C=O) groups is 1. The quantitative estimate of drug-likeness (QED) is 0.458. The van der Waals surface area contributed by atoms with Crippen molar-refractivity contribution in [3.63, 3.8) is 0 Å². The van der Waals surface area contributed by atoms with Crippen LogP contribution in [0.2, 0.25) is 0 Å². The average Bonchev–Trinajstić information content (AvgIpc) is 2.84. The van der Waals surface area contributed by atoms with Crippen LogP contribution in [0.5, 0.6) is 0 Å². The first-order valence-electron chi connectivity index (χ1n) is 11.6. The summed E-state index contributed by atoms with van der Waals surface area (Å²) < 4.78 is 43.3. The van der Waals surface area contributed by atoms with Gasteiger partial charge in [0.2, 0.25) is 0 Å². The number of carboxylic acids is 1. The van der Waals surface area contributed by atoms with Gasteiger partial charge in [0.1, 0.15) is 0 Å². The normalized spacial score (nSPS) is 27.2. The van der Waals surface area contributed by atoms with Crippen LogP contribution < -0.4 is 0 Å². The molecular weight excluding hydrogens is 453 g/mol. The molecule has 1 saturated carbocycles. The van der Waals surface area contributed by atoms with Crippen LogP contribution in [0.15, 0.2) is 84.4 Å². The van der Waals surface area contributed by atoms with E-state index >= 15 is 0 Å². The van der Waals surface area contributed by atoms with Gasteiger partial charge in [-0.15, -0.1) is 0 Å². The molecule has 180 valence electrons. The Kier molecular flexibility index (Phi) is 5.59. The number of fused-ring (bicyclic) bond motifs is 3. The van der Waals surface area contributed by atoms with Crippen molar-refractivity contribution in [2.75, 3.05) is 0 Å². The molecule has 2 N–H and O–H groups in total. The second-order valence-corrected chi connectivity index (χ2v) is 9.57. The number of rotatable bonds is 3. The molecule has 3 aromatic rings. The summed E-state index contributed by atoms with van der Waals surface area (Å²) in [7, 11) is 0. The Balaban J connectivity index is 1.76. The molecule has 0 spiro atoms. The number of aryl methyl sites for hydroxylation is 1. The lowest BCUT2D eigenvalue weighted by atomic mass is 9.50. The van der Waals surface area contributed by atoms with Crippen LogP contribution in [-0.2, 0) is 11.8 Å². The molecule has 5 rings (SSSR count). The van der Waals surface area contributed by atoms with Gasteiger partial charge in [0.05, 0.1) is 5.56 Å². The number of halogens is 3. The van der Waals surface area contributed by atoms with Crippen LogP contribution >= 0.6 is 0 Å². The lowest BCUT2D eigenvalue weighted by Crippen LogP contribution is -2.58. The molecule has 2 aliphatic rings. The molecule has 3 nitrogen and oxygen atoms in total. The number of hydrogen-bond acceptors (Lipinski definition) is 2. The molecule has 0 bridgehead atoms. The molecule has 3 atom stereocenters. The number of hydrogen-bond donors (Lipinski definition) is 2. The fourth-order valence-corrected chi connectivity index (χ4v) is 6.06. The second kappa shape index (κ2) is 8.38. The largest absolute Gasteiger partial charge is 0.478 e. The highest BCUT2D eigenvalue weighted by Gasteiger charge is 2.64. The van der Waals surface area contributed by atoms with Crippen molar-refractivity contribution in [3.05, 3.63) is 112 Å². The Hall–Kier alpha value is -3.38. The third-order valence-electron chi connectivity index (χ3n) is 7.73. The summed E-state index contributed by atoms with van der Waals surface area (Å²) in [5.41, 5.74) is -0.538. The lowest BCUT2D eigenvalue weighted by molar-refractivity contribution is -0.257. The average molecular weight is 479 g/mol. The molecule has 6 heteroatoms. The monoisotopic (exact) mass is 478 g/mol. The fraction of sp³-hybridized carbons (Fsp3) is 0.276. The minimum atomic E-state index is -4.83. The molecule has 0 amide bonds. The fourth-order valence-electron chi connectivity index (χ4n) is 6.06. The van der Waals surface area contributed by atoms with Gasteiger partial charge in [0.15, 0.2) is 5.60 Å². The van der Waals surface area contributed by atoms with E-state index < -0.39 is 35.5 Å². The van der Waals surface area contributed by atoms with Gasteiger partial charge in [-0.25, -0.2) is 4.79 Å². The smallest absolute Gasteiger partial charge is 0.421 e. The minimum Gasteiger partial charge on any atom is -0.478 e. The Bertz CT molecular complexity index is 1280. The summed E-state index contributed by atoms with van der Waals surface area (Å²) in [4.78, 5) is 11.6. The van der Waals surface area contributed by atoms with Gasteiger partial charge in [-0.2, -0.15) is 13.2 Å². The minimum absolute atomic E-state index is 0.0218. The summed E-state index contributed by atoms with van der Waals surface area (Å²) in [6.07, 6.45) is -2.96. The lowest BCUT2D eigenvalue weighted by Gasteiger charge is -2.54. The van der Waals surface area contributed by atoms with Gasteiger partial charge in [0, 0.05) is 5.41 Å². The van der Waals surface area contributed by atoms with Crippen LogP contribution in [0.3, 0.4) is 0 Å². The first kappa shape index (κ1) is 23.4. The van der Waals surface area contributed by atoms with E-state index in [1.54, 1.807) is 42.5 Å². The van der Waals surface area contributed by atoms with Crippen molar-refractivity contribution in [1.29, 1.82) is 0 Å². The molecule has 0 heterocycles. The highest BCUT2D eigenvalue weighted by molar-refractivity contribution is 5.88. The van der Waals surface area contributed by atoms with Crippen molar-refractivity contribution < 1.29 is 28.2 Å². The van der Waals surface area contributed by atoms with E-state index in [0.717, 1.165) is 16.7 Å². The predicted molar refractivity (Wildman–Crippen MR) is 127 cm³/mol. The van der Waals surface area contributed by atoms with E-state index in [1.165, 1.54) is 12.1 Å². The zero-order valence-corrected chi connectivity index (χ0v) is 18.9. The summed E-state index contributed by atoms with van der Waals surface area (Å²) in [6, 6.07) is 23.1. The van der Waals surface area contributed by atoms with Crippen molar-refractivity contribution in [2.24, 2.45) is 5.92 Å². The maximum absolute atomic E-state index is 14.4. The molecule has 0 saturated heterocycles. The van der Waals surface area contributed by atoms with E-state index in [4.69, 9.17) is 0 Å². The molecule has 0 radical (unpaired) electrons. The first-order valence-corrected chi connectivity index (χ1v) is 11.6. The maximum Gasteiger partial charge on any atom is 0.421 e. The summed E-state index contributed by atoms with van der Waals surface area (Å²) >= 11 is 0. The molecular formula is C29H25F3O3. The molecule has 1 fully saturated rings. The van der Waals surface area contributed by atoms with Crippen LogP contribution in [0.4, 0.5) is 13.2 Å². The Morgan fingerprint density at radius 1 is 0.971 bits per heavy atom. The topological polar surface area (TPSA) is 57.5 Å². The van der Waals surface area contributed by atoms with Gasteiger partial charge >= 0.3 is 12.1 Å². The Morgan fingerprint density at radius 3 is 2.26 bits per heavy atom. The third-order valence-corrected chi connectivity index (χ3v) is 7.73. The number of benzene rings is 3. The van der Waals surface area contributed by atoms with Crippen molar-refractivity contribution in [1.82, 2.24) is 0 Å². The van der Waals surface area contributed by atoms with Crippen LogP contribution in [0.25, 0.3) is 6.08 Å². The standard InChI is InChI=1S/C29H25F3O3/c30-29(31,32)28(35)18-23-13-11-20-16-21(26(33)34)12-14-25(20)27(23,22-9-5-2-6-10-22)17-24(28)15-19-7-3-1-4-8-19/h1-10,12,14-16,23,35H,11,13,17-18H2,(H,33,34)/b24-15+/t23-,27?,28+/m1/s1. The van der Waals surface area contributed by atoms with Gasteiger partial charge in [-0.05, 0) is 71.6 Å². The molecule has 0 aromatic heterocycles. The molecule has 2 aliphatic carbocycles. The predicted octanol–water partition coefficient (Wildman–Crippen LogP) is 6.40. The molecule has 35 heavy (non-hydrogen) atoms. The van der Waals surface area contributed by atoms with Gasteiger partial charge in [0.25, 0.3) is 0 Å². The maximum atomic E-state index is 14.4. The summed E-state index contributed by atoms with van der Waals surface area (Å²) in [5, 5.41) is 20.7.